The number of halogens is 1. The lowest BCUT2D eigenvalue weighted by molar-refractivity contribution is 0.219. The van der Waals surface area contributed by atoms with Gasteiger partial charge in [0.1, 0.15) is 11.5 Å². The minimum atomic E-state index is 0. The third-order valence-corrected chi connectivity index (χ3v) is 4.44. The summed E-state index contributed by atoms with van der Waals surface area (Å²) in [4.78, 5) is 7.01. The summed E-state index contributed by atoms with van der Waals surface area (Å²) in [5.74, 6) is 2.51. The summed E-state index contributed by atoms with van der Waals surface area (Å²) in [6, 6.07) is 4.30. The smallest absolute Gasteiger partial charge is 0.188 e. The van der Waals surface area contributed by atoms with Gasteiger partial charge in [0.2, 0.25) is 0 Å². The maximum absolute atomic E-state index is 6.01. The van der Waals surface area contributed by atoms with Crippen molar-refractivity contribution < 1.29 is 4.42 Å². The lowest BCUT2D eigenvalue weighted by Gasteiger charge is -2.24. The average Bonchev–Trinajstić information content (AvgIpc) is 3.20. The molecule has 3 N–H and O–H groups in total. The van der Waals surface area contributed by atoms with Gasteiger partial charge in [0, 0.05) is 6.54 Å². The van der Waals surface area contributed by atoms with Crippen LogP contribution in [0, 0.1) is 6.92 Å². The molecule has 1 atom stereocenters. The summed E-state index contributed by atoms with van der Waals surface area (Å²) < 4.78 is 5.84. The predicted molar refractivity (Wildman–Crippen MR) is 111 cm³/mol. The molecule has 6 heteroatoms. The molecule has 2 heterocycles. The molecule has 1 fully saturated rings. The molecule has 0 bridgehead atoms. The van der Waals surface area contributed by atoms with Crippen LogP contribution in [0.4, 0.5) is 0 Å². The van der Waals surface area contributed by atoms with E-state index < -0.39 is 0 Å². The second-order valence-corrected chi connectivity index (χ2v) is 6.42. The number of guanidine groups is 1. The molecule has 2 rings (SSSR count). The Bertz CT molecular complexity index is 483. The summed E-state index contributed by atoms with van der Waals surface area (Å²) >= 11 is 0. The molecule has 1 saturated heterocycles. The first-order valence-corrected chi connectivity index (χ1v) is 9.05. The van der Waals surface area contributed by atoms with Gasteiger partial charge >= 0.3 is 0 Å². The number of nitrogens with two attached hydrogens (primary N) is 1. The van der Waals surface area contributed by atoms with Gasteiger partial charge in [0.15, 0.2) is 5.96 Å². The fourth-order valence-corrected chi connectivity index (χ4v) is 3.08. The van der Waals surface area contributed by atoms with Crippen molar-refractivity contribution in [3.63, 3.8) is 0 Å². The Balaban J connectivity index is 0.00000288. The second kappa shape index (κ2) is 11.7. The number of rotatable bonds is 9. The lowest BCUT2D eigenvalue weighted by Crippen LogP contribution is -2.34. The molecule has 0 aliphatic carbocycles. The van der Waals surface area contributed by atoms with Crippen molar-refractivity contribution in [1.82, 2.24) is 10.2 Å². The first-order chi connectivity index (χ1) is 11.2. The van der Waals surface area contributed by atoms with E-state index in [2.05, 4.69) is 28.2 Å². The number of nitrogens with zero attached hydrogens (tertiary/aromatic N) is 2. The highest BCUT2D eigenvalue weighted by Gasteiger charge is 2.25. The number of hydrogen-bond donors (Lipinski definition) is 2. The SMILES string of the molecule is CCCCCCNC(N)=NCC(c1ccc(C)o1)N1CCCC1.I. The topological polar surface area (TPSA) is 66.8 Å². The number of aryl methyl sites for hydroxylation is 1. The Kier molecular flexibility index (Phi) is 10.4. The molecule has 1 aromatic rings. The number of unbranched alkanes of at least 4 members (excludes halogenated alkanes) is 3. The van der Waals surface area contributed by atoms with E-state index in [9.17, 15) is 0 Å². The van der Waals surface area contributed by atoms with Crippen LogP contribution in [-0.4, -0.2) is 37.0 Å². The molecule has 0 amide bonds. The van der Waals surface area contributed by atoms with E-state index >= 15 is 0 Å². The quantitative estimate of drug-likeness (QED) is 0.261. The minimum Gasteiger partial charge on any atom is -0.465 e. The molecular weight excluding hydrogens is 415 g/mol. The molecule has 1 unspecified atom stereocenters. The van der Waals surface area contributed by atoms with Gasteiger partial charge in [-0.1, -0.05) is 26.2 Å². The zero-order chi connectivity index (χ0) is 16.5. The first-order valence-electron chi connectivity index (χ1n) is 9.05. The van der Waals surface area contributed by atoms with Crippen LogP contribution in [0.15, 0.2) is 21.5 Å². The molecule has 138 valence electrons. The van der Waals surface area contributed by atoms with Crippen molar-refractivity contribution in [2.24, 2.45) is 10.7 Å². The van der Waals surface area contributed by atoms with Crippen molar-refractivity contribution in [3.05, 3.63) is 23.7 Å². The maximum atomic E-state index is 6.01. The lowest BCUT2D eigenvalue weighted by atomic mass is 10.2. The van der Waals surface area contributed by atoms with E-state index in [0.29, 0.717) is 12.5 Å². The molecule has 0 aromatic carbocycles. The van der Waals surface area contributed by atoms with Crippen LogP contribution in [0.3, 0.4) is 0 Å². The predicted octanol–water partition coefficient (Wildman–Crippen LogP) is 3.83. The Labute approximate surface area is 163 Å². The Morgan fingerprint density at radius 1 is 1.29 bits per heavy atom. The Morgan fingerprint density at radius 2 is 2.04 bits per heavy atom. The molecule has 0 spiro atoms. The normalized spacial score (nSPS) is 16.8. The molecule has 5 nitrogen and oxygen atoms in total. The number of nitrogens with one attached hydrogen (secondary N) is 1. The van der Waals surface area contributed by atoms with Gasteiger partial charge in [-0.05, 0) is 51.4 Å². The van der Waals surface area contributed by atoms with Crippen molar-refractivity contribution >= 4 is 29.9 Å². The van der Waals surface area contributed by atoms with E-state index in [1.165, 1.54) is 32.1 Å². The van der Waals surface area contributed by atoms with Crippen molar-refractivity contribution in [3.8, 4) is 0 Å². The van der Waals surface area contributed by atoms with Crippen molar-refractivity contribution in [1.29, 1.82) is 0 Å². The van der Waals surface area contributed by atoms with Gasteiger partial charge in [-0.15, -0.1) is 24.0 Å². The molecular formula is C18H33IN4O. The highest BCUT2D eigenvalue weighted by Crippen LogP contribution is 2.26. The van der Waals surface area contributed by atoms with Gasteiger partial charge in [-0.2, -0.15) is 0 Å². The molecule has 1 aliphatic rings. The van der Waals surface area contributed by atoms with Crippen LogP contribution in [0.2, 0.25) is 0 Å². The number of furan rings is 1. The number of hydrogen-bond acceptors (Lipinski definition) is 3. The van der Waals surface area contributed by atoms with Gasteiger partial charge in [0.25, 0.3) is 0 Å². The largest absolute Gasteiger partial charge is 0.465 e. The maximum Gasteiger partial charge on any atom is 0.188 e. The standard InChI is InChI=1S/C18H32N4O.HI/c1-3-4-5-6-11-20-18(19)21-14-16(22-12-7-8-13-22)17-10-9-15(2)23-17;/h9-10,16H,3-8,11-14H2,1-2H3,(H3,19,20,21);1H. The van der Waals surface area contributed by atoms with Gasteiger partial charge in [0.05, 0.1) is 12.6 Å². The van der Waals surface area contributed by atoms with E-state index in [4.69, 9.17) is 10.2 Å². The number of aliphatic imine (C=N–C) groups is 1. The average molecular weight is 448 g/mol. The van der Waals surface area contributed by atoms with E-state index in [0.717, 1.165) is 37.6 Å². The van der Waals surface area contributed by atoms with Crippen molar-refractivity contribution in [2.75, 3.05) is 26.2 Å². The van der Waals surface area contributed by atoms with Crippen LogP contribution in [0.5, 0.6) is 0 Å². The van der Waals surface area contributed by atoms with Gasteiger partial charge in [-0.3, -0.25) is 9.89 Å². The summed E-state index contributed by atoms with van der Waals surface area (Å²) in [6.45, 7) is 8.00. The third kappa shape index (κ3) is 7.01. The third-order valence-electron chi connectivity index (χ3n) is 4.44. The van der Waals surface area contributed by atoms with Gasteiger partial charge in [-0.25, -0.2) is 0 Å². The molecule has 24 heavy (non-hydrogen) atoms. The van der Waals surface area contributed by atoms with Crippen LogP contribution in [0.25, 0.3) is 0 Å². The fraction of sp³-hybridized carbons (Fsp3) is 0.722. The highest BCUT2D eigenvalue weighted by atomic mass is 127. The summed E-state index contributed by atoms with van der Waals surface area (Å²) in [6.07, 6.45) is 7.45. The molecule has 0 radical (unpaired) electrons. The summed E-state index contributed by atoms with van der Waals surface area (Å²) in [7, 11) is 0. The highest BCUT2D eigenvalue weighted by molar-refractivity contribution is 14.0. The van der Waals surface area contributed by atoms with E-state index in [-0.39, 0.29) is 30.0 Å². The molecule has 0 saturated carbocycles. The number of likely N-dealkylation sites (tertiary alicyclic amines) is 1. The fourth-order valence-electron chi connectivity index (χ4n) is 3.08. The zero-order valence-corrected chi connectivity index (χ0v) is 17.4. The minimum absolute atomic E-state index is 0. The molecule has 1 aromatic heterocycles. The Morgan fingerprint density at radius 3 is 2.67 bits per heavy atom. The first kappa shape index (κ1) is 21.3. The van der Waals surface area contributed by atoms with E-state index in [1.54, 1.807) is 0 Å². The van der Waals surface area contributed by atoms with Crippen molar-refractivity contribution in [2.45, 2.75) is 58.4 Å². The second-order valence-electron chi connectivity index (χ2n) is 6.42. The zero-order valence-electron chi connectivity index (χ0n) is 15.1. The van der Waals surface area contributed by atoms with Gasteiger partial charge < -0.3 is 15.5 Å². The monoisotopic (exact) mass is 448 g/mol. The van der Waals surface area contributed by atoms with E-state index in [1.807, 2.05) is 13.0 Å². The molecule has 1 aliphatic heterocycles. The summed E-state index contributed by atoms with van der Waals surface area (Å²) in [5, 5.41) is 3.22. The summed E-state index contributed by atoms with van der Waals surface area (Å²) in [5.41, 5.74) is 6.01. The van der Waals surface area contributed by atoms with Crippen LogP contribution < -0.4 is 11.1 Å². The Hall–Kier alpha value is -0.760. The van der Waals surface area contributed by atoms with Crippen LogP contribution in [0.1, 0.15) is 63.0 Å². The van der Waals surface area contributed by atoms with Crippen LogP contribution in [-0.2, 0) is 0 Å². The van der Waals surface area contributed by atoms with Crippen LogP contribution >= 0.6 is 24.0 Å².